The van der Waals surface area contributed by atoms with Gasteiger partial charge >= 0.3 is 0 Å². The predicted molar refractivity (Wildman–Crippen MR) is 121 cm³/mol. The number of pyridine rings is 1. The Morgan fingerprint density at radius 1 is 1.27 bits per heavy atom. The van der Waals surface area contributed by atoms with Crippen LogP contribution in [-0.2, 0) is 9.53 Å². The zero-order valence-corrected chi connectivity index (χ0v) is 18.5. The van der Waals surface area contributed by atoms with Crippen LogP contribution in [0.5, 0.6) is 0 Å². The number of nitrogens with zero attached hydrogens (tertiary/aromatic N) is 4. The van der Waals surface area contributed by atoms with Crippen molar-refractivity contribution in [1.29, 1.82) is 5.26 Å². The molecule has 2 fully saturated rings. The number of anilines is 1. The van der Waals surface area contributed by atoms with Crippen molar-refractivity contribution in [3.8, 4) is 6.07 Å². The molecule has 1 amide bonds. The number of carbonyl (C=O) groups excluding carboxylic acids is 1. The molecular formula is C21H27Cl2N5O2. The second kappa shape index (κ2) is 9.80. The summed E-state index contributed by atoms with van der Waals surface area (Å²) in [6.45, 7) is 3.16. The van der Waals surface area contributed by atoms with Crippen LogP contribution in [-0.4, -0.2) is 61.2 Å². The number of hydrogen-bond donors (Lipinski definition) is 1. The lowest BCUT2D eigenvalue weighted by atomic mass is 9.70. The number of aromatic nitrogens is 1. The number of benzene rings is 1. The molecular weight excluding hydrogens is 425 g/mol. The molecule has 1 aliphatic carbocycles. The highest BCUT2D eigenvalue weighted by Gasteiger charge is 2.48. The van der Waals surface area contributed by atoms with Crippen molar-refractivity contribution in [3.05, 3.63) is 36.0 Å². The Kier molecular flexibility index (Phi) is 7.89. The van der Waals surface area contributed by atoms with E-state index in [1.165, 1.54) is 0 Å². The fourth-order valence-electron chi connectivity index (χ4n) is 4.39. The molecule has 1 aromatic carbocycles. The van der Waals surface area contributed by atoms with Crippen molar-refractivity contribution < 1.29 is 9.53 Å². The first-order valence-electron chi connectivity index (χ1n) is 9.67. The molecule has 1 aliphatic heterocycles. The van der Waals surface area contributed by atoms with Gasteiger partial charge in [0, 0.05) is 57.3 Å². The molecule has 1 saturated carbocycles. The van der Waals surface area contributed by atoms with Crippen LogP contribution in [0.3, 0.4) is 0 Å². The standard InChI is InChI=1S/C21H25N5O2.2ClH/c1-28-21(14-23)10-15(11-21)20(27)26-8-6-25(7-9-26)19-16(12-22)13-24-18-5-3-2-4-17(18)19;;/h2-5,13,15H,6-11,14,23H2,1H3;2*1H. The molecule has 0 unspecified atom stereocenters. The molecule has 2 N–H and O–H groups in total. The third-order valence-corrected chi connectivity index (χ3v) is 6.17. The number of halogens is 2. The average Bonchev–Trinajstić information content (AvgIpc) is 2.73. The molecule has 0 bridgehead atoms. The van der Waals surface area contributed by atoms with Gasteiger partial charge in [0.05, 0.1) is 22.4 Å². The van der Waals surface area contributed by atoms with Crippen molar-refractivity contribution in [3.63, 3.8) is 0 Å². The number of carbonyl (C=O) groups is 1. The number of ether oxygens (including phenoxy) is 1. The number of para-hydroxylation sites is 1. The Hall–Kier alpha value is -2.11. The van der Waals surface area contributed by atoms with E-state index in [4.69, 9.17) is 10.5 Å². The van der Waals surface area contributed by atoms with E-state index in [1.54, 1.807) is 13.3 Å². The molecule has 4 rings (SSSR count). The van der Waals surface area contributed by atoms with E-state index >= 15 is 0 Å². The van der Waals surface area contributed by atoms with E-state index in [-0.39, 0.29) is 42.2 Å². The van der Waals surface area contributed by atoms with E-state index in [1.807, 2.05) is 29.2 Å². The summed E-state index contributed by atoms with van der Waals surface area (Å²) in [5, 5.41) is 10.5. The molecule has 162 valence electrons. The molecule has 0 radical (unpaired) electrons. The van der Waals surface area contributed by atoms with Gasteiger partial charge in [0.2, 0.25) is 5.91 Å². The largest absolute Gasteiger partial charge is 0.377 e. The highest BCUT2D eigenvalue weighted by Crippen LogP contribution is 2.41. The first-order chi connectivity index (χ1) is 13.6. The Morgan fingerprint density at radius 3 is 2.53 bits per heavy atom. The summed E-state index contributed by atoms with van der Waals surface area (Å²) in [4.78, 5) is 21.4. The molecule has 0 spiro atoms. The lowest BCUT2D eigenvalue weighted by Crippen LogP contribution is -2.58. The van der Waals surface area contributed by atoms with Crippen LogP contribution >= 0.6 is 24.8 Å². The summed E-state index contributed by atoms with van der Waals surface area (Å²) in [6.07, 6.45) is 3.04. The monoisotopic (exact) mass is 451 g/mol. The van der Waals surface area contributed by atoms with Gasteiger partial charge in [-0.15, -0.1) is 24.8 Å². The number of nitriles is 1. The molecule has 2 heterocycles. The maximum Gasteiger partial charge on any atom is 0.226 e. The van der Waals surface area contributed by atoms with Gasteiger partial charge in [0.15, 0.2) is 0 Å². The number of nitrogens with two attached hydrogens (primary N) is 1. The molecule has 1 saturated heterocycles. The van der Waals surface area contributed by atoms with Gasteiger partial charge in [-0.05, 0) is 18.9 Å². The van der Waals surface area contributed by atoms with Gasteiger partial charge in [-0.3, -0.25) is 9.78 Å². The highest BCUT2D eigenvalue weighted by molar-refractivity contribution is 5.94. The zero-order chi connectivity index (χ0) is 19.7. The Morgan fingerprint density at radius 2 is 1.93 bits per heavy atom. The summed E-state index contributed by atoms with van der Waals surface area (Å²) in [6, 6.07) is 10.1. The third-order valence-electron chi connectivity index (χ3n) is 6.17. The number of rotatable bonds is 4. The Balaban J connectivity index is 0.00000160. The molecule has 2 aliphatic rings. The minimum atomic E-state index is -0.320. The van der Waals surface area contributed by atoms with E-state index in [2.05, 4.69) is 16.0 Å². The van der Waals surface area contributed by atoms with Gasteiger partial charge in [0.25, 0.3) is 0 Å². The summed E-state index contributed by atoms with van der Waals surface area (Å²) >= 11 is 0. The molecule has 9 heteroatoms. The van der Waals surface area contributed by atoms with Gasteiger partial charge in [-0.1, -0.05) is 18.2 Å². The van der Waals surface area contributed by atoms with Crippen molar-refractivity contribution in [1.82, 2.24) is 9.88 Å². The zero-order valence-electron chi connectivity index (χ0n) is 16.9. The molecule has 1 aromatic heterocycles. The van der Waals surface area contributed by atoms with Crippen LogP contribution in [0.4, 0.5) is 5.69 Å². The normalized spacial score (nSPS) is 23.0. The van der Waals surface area contributed by atoms with Crippen LogP contribution < -0.4 is 10.6 Å². The van der Waals surface area contributed by atoms with Gasteiger partial charge < -0.3 is 20.3 Å². The van der Waals surface area contributed by atoms with Gasteiger partial charge in [-0.25, -0.2) is 0 Å². The van der Waals surface area contributed by atoms with Crippen molar-refractivity contribution in [2.75, 3.05) is 44.7 Å². The summed E-state index contributed by atoms with van der Waals surface area (Å²) in [5.41, 5.74) is 7.84. The molecule has 7 nitrogen and oxygen atoms in total. The molecule has 0 atom stereocenters. The lowest BCUT2D eigenvalue weighted by molar-refractivity contribution is -0.155. The average molecular weight is 452 g/mol. The van der Waals surface area contributed by atoms with Crippen molar-refractivity contribution >= 4 is 47.3 Å². The van der Waals surface area contributed by atoms with Crippen molar-refractivity contribution in [2.45, 2.75) is 18.4 Å². The molecule has 30 heavy (non-hydrogen) atoms. The minimum Gasteiger partial charge on any atom is -0.377 e. The van der Waals surface area contributed by atoms with E-state index in [0.717, 1.165) is 16.6 Å². The first kappa shape index (κ1) is 24.2. The van der Waals surface area contributed by atoms with Crippen LogP contribution in [0.2, 0.25) is 0 Å². The second-order valence-corrected chi connectivity index (χ2v) is 7.66. The van der Waals surface area contributed by atoms with Gasteiger partial charge in [-0.2, -0.15) is 5.26 Å². The predicted octanol–water partition coefficient (Wildman–Crippen LogP) is 2.35. The van der Waals surface area contributed by atoms with Crippen LogP contribution in [0.1, 0.15) is 18.4 Å². The fraction of sp³-hybridized carbons (Fsp3) is 0.476. The summed E-state index contributed by atoms with van der Waals surface area (Å²) in [5.74, 6) is 0.201. The first-order valence-corrected chi connectivity index (χ1v) is 9.67. The van der Waals surface area contributed by atoms with E-state index in [0.29, 0.717) is 51.1 Å². The number of amides is 1. The minimum absolute atomic E-state index is 0. The number of methoxy groups -OCH3 is 1. The lowest BCUT2D eigenvalue weighted by Gasteiger charge is -2.47. The van der Waals surface area contributed by atoms with Crippen LogP contribution in [0.15, 0.2) is 30.5 Å². The van der Waals surface area contributed by atoms with Gasteiger partial charge in [0.1, 0.15) is 6.07 Å². The second-order valence-electron chi connectivity index (χ2n) is 7.66. The maximum atomic E-state index is 12.8. The Labute approximate surface area is 189 Å². The number of hydrogen-bond acceptors (Lipinski definition) is 6. The SMILES string of the molecule is COC1(CN)CC(C(=O)N2CCN(c3c(C#N)cnc4ccccc34)CC2)C1.Cl.Cl. The number of fused-ring (bicyclic) bond motifs is 1. The Bertz CT molecular complexity index is 929. The fourth-order valence-corrected chi connectivity index (χ4v) is 4.39. The highest BCUT2D eigenvalue weighted by atomic mass is 35.5. The number of piperazine rings is 1. The van der Waals surface area contributed by atoms with E-state index < -0.39 is 0 Å². The topological polar surface area (TPSA) is 95.5 Å². The van der Waals surface area contributed by atoms with E-state index in [9.17, 15) is 10.1 Å². The van der Waals surface area contributed by atoms with Crippen LogP contribution in [0.25, 0.3) is 10.9 Å². The smallest absolute Gasteiger partial charge is 0.226 e. The maximum absolute atomic E-state index is 12.8. The summed E-state index contributed by atoms with van der Waals surface area (Å²) in [7, 11) is 1.66. The third kappa shape index (κ3) is 4.19. The summed E-state index contributed by atoms with van der Waals surface area (Å²) < 4.78 is 5.49. The molecule has 2 aromatic rings. The van der Waals surface area contributed by atoms with Crippen molar-refractivity contribution in [2.24, 2.45) is 11.7 Å². The quantitative estimate of drug-likeness (QED) is 0.766. The van der Waals surface area contributed by atoms with Crippen LogP contribution in [0, 0.1) is 17.2 Å².